The molecule has 4 nitrogen and oxygen atoms in total. The Morgan fingerprint density at radius 1 is 1.44 bits per heavy atom. The van der Waals surface area contributed by atoms with Crippen molar-refractivity contribution in [1.82, 2.24) is 4.57 Å². The molecule has 2 aromatic rings. The Balaban J connectivity index is 2.70. The quantitative estimate of drug-likeness (QED) is 0.870. The summed E-state index contributed by atoms with van der Waals surface area (Å²) < 4.78 is 2.10. The number of hydrogen-bond acceptors (Lipinski definition) is 2. The van der Waals surface area contributed by atoms with E-state index in [9.17, 15) is 9.90 Å². The fraction of sp³-hybridized carbons (Fsp3) is 0.357. The van der Waals surface area contributed by atoms with Crippen LogP contribution < -0.4 is 5.73 Å². The van der Waals surface area contributed by atoms with Crippen LogP contribution >= 0.6 is 0 Å². The van der Waals surface area contributed by atoms with Gasteiger partial charge in [-0.15, -0.1) is 0 Å². The van der Waals surface area contributed by atoms with Gasteiger partial charge in [0.05, 0.1) is 5.56 Å². The summed E-state index contributed by atoms with van der Waals surface area (Å²) in [6.45, 7) is 4.88. The number of amides is 1. The van der Waals surface area contributed by atoms with Crippen molar-refractivity contribution in [3.05, 3.63) is 29.5 Å². The number of carbonyl (C=O) groups excluding carboxylic acids is 1. The molecule has 0 aliphatic carbocycles. The van der Waals surface area contributed by atoms with Crippen molar-refractivity contribution in [2.75, 3.05) is 0 Å². The van der Waals surface area contributed by atoms with Crippen molar-refractivity contribution in [3.63, 3.8) is 0 Å². The van der Waals surface area contributed by atoms with Gasteiger partial charge >= 0.3 is 0 Å². The van der Waals surface area contributed by atoms with Gasteiger partial charge in [0.1, 0.15) is 5.75 Å². The highest BCUT2D eigenvalue weighted by molar-refractivity contribution is 6.08. The first-order valence-corrected chi connectivity index (χ1v) is 6.17. The molecular weight excluding hydrogens is 228 g/mol. The van der Waals surface area contributed by atoms with Crippen LogP contribution in [0.2, 0.25) is 0 Å². The molecule has 0 aliphatic rings. The number of benzene rings is 1. The van der Waals surface area contributed by atoms with Crippen LogP contribution in [0.1, 0.15) is 35.8 Å². The average Bonchev–Trinajstić information content (AvgIpc) is 2.58. The highest BCUT2D eigenvalue weighted by Gasteiger charge is 2.17. The third kappa shape index (κ3) is 1.94. The summed E-state index contributed by atoms with van der Waals surface area (Å²) in [6, 6.07) is 5.07. The fourth-order valence-electron chi connectivity index (χ4n) is 2.39. The van der Waals surface area contributed by atoms with Crippen LogP contribution in [0.3, 0.4) is 0 Å². The maximum atomic E-state index is 11.6. The molecule has 0 bridgehead atoms. The monoisotopic (exact) mass is 246 g/mol. The van der Waals surface area contributed by atoms with Crippen molar-refractivity contribution in [3.8, 4) is 5.75 Å². The van der Waals surface area contributed by atoms with Crippen LogP contribution in [0.25, 0.3) is 10.9 Å². The van der Waals surface area contributed by atoms with E-state index < -0.39 is 5.91 Å². The number of nitrogens with zero attached hydrogens (tertiary/aromatic N) is 1. The third-order valence-corrected chi connectivity index (χ3v) is 3.29. The summed E-state index contributed by atoms with van der Waals surface area (Å²) in [6.07, 6.45) is 2.13. The SMILES string of the molecule is CCCCn1c(C)c(C(N)=O)c2cc(O)ccc21. The lowest BCUT2D eigenvalue weighted by Crippen LogP contribution is -2.12. The first-order valence-electron chi connectivity index (χ1n) is 6.17. The molecule has 1 amide bonds. The van der Waals surface area contributed by atoms with E-state index >= 15 is 0 Å². The minimum Gasteiger partial charge on any atom is -0.508 e. The standard InChI is InChI=1S/C14H18N2O2/c1-3-4-7-16-9(2)13(14(15)18)11-8-10(17)5-6-12(11)16/h5-6,8,17H,3-4,7H2,1-2H3,(H2,15,18). The van der Waals surface area contributed by atoms with Crippen molar-refractivity contribution >= 4 is 16.8 Å². The molecule has 0 aliphatic heterocycles. The van der Waals surface area contributed by atoms with Crippen LogP contribution in [0, 0.1) is 6.92 Å². The van der Waals surface area contributed by atoms with Gasteiger partial charge < -0.3 is 15.4 Å². The highest BCUT2D eigenvalue weighted by atomic mass is 16.3. The molecule has 0 spiro atoms. The molecule has 0 radical (unpaired) electrons. The molecule has 0 atom stereocenters. The van der Waals surface area contributed by atoms with E-state index in [0.717, 1.165) is 36.0 Å². The van der Waals surface area contributed by atoms with E-state index in [1.807, 2.05) is 13.0 Å². The number of aromatic hydroxyl groups is 1. The summed E-state index contributed by atoms with van der Waals surface area (Å²) in [5.41, 5.74) is 7.77. The summed E-state index contributed by atoms with van der Waals surface area (Å²) in [5.74, 6) is -0.295. The molecule has 18 heavy (non-hydrogen) atoms. The lowest BCUT2D eigenvalue weighted by molar-refractivity contribution is 0.100. The number of aryl methyl sites for hydroxylation is 1. The number of fused-ring (bicyclic) bond motifs is 1. The second-order valence-electron chi connectivity index (χ2n) is 4.53. The van der Waals surface area contributed by atoms with Crippen molar-refractivity contribution in [2.24, 2.45) is 5.73 Å². The average molecular weight is 246 g/mol. The zero-order valence-electron chi connectivity index (χ0n) is 10.7. The Morgan fingerprint density at radius 3 is 2.78 bits per heavy atom. The predicted octanol–water partition coefficient (Wildman–Crippen LogP) is 2.55. The largest absolute Gasteiger partial charge is 0.508 e. The Morgan fingerprint density at radius 2 is 2.17 bits per heavy atom. The van der Waals surface area contributed by atoms with Gasteiger partial charge in [-0.25, -0.2) is 0 Å². The molecule has 0 fully saturated rings. The maximum Gasteiger partial charge on any atom is 0.251 e. The minimum atomic E-state index is -0.446. The van der Waals surface area contributed by atoms with Crippen LogP contribution in [0.15, 0.2) is 18.2 Å². The van der Waals surface area contributed by atoms with Gasteiger partial charge in [0, 0.05) is 23.1 Å². The van der Waals surface area contributed by atoms with Crippen LogP contribution in [-0.4, -0.2) is 15.6 Å². The van der Waals surface area contributed by atoms with Crippen LogP contribution in [0.4, 0.5) is 0 Å². The first kappa shape index (κ1) is 12.5. The zero-order valence-corrected chi connectivity index (χ0v) is 10.7. The lowest BCUT2D eigenvalue weighted by atomic mass is 10.1. The van der Waals surface area contributed by atoms with Crippen molar-refractivity contribution < 1.29 is 9.90 Å². The molecule has 1 aromatic carbocycles. The molecular formula is C14H18N2O2. The van der Waals surface area contributed by atoms with Crippen LogP contribution in [0.5, 0.6) is 5.75 Å². The van der Waals surface area contributed by atoms with Gasteiger partial charge in [-0.2, -0.15) is 0 Å². The number of carbonyl (C=O) groups is 1. The molecule has 0 saturated heterocycles. The first-order chi connectivity index (χ1) is 8.56. The van der Waals surface area contributed by atoms with Gasteiger partial charge in [-0.05, 0) is 31.5 Å². The van der Waals surface area contributed by atoms with E-state index in [2.05, 4.69) is 11.5 Å². The molecule has 0 unspecified atom stereocenters. The van der Waals surface area contributed by atoms with Crippen LogP contribution in [-0.2, 0) is 6.54 Å². The molecule has 4 heteroatoms. The lowest BCUT2D eigenvalue weighted by Gasteiger charge is -2.07. The van der Waals surface area contributed by atoms with E-state index in [4.69, 9.17) is 5.73 Å². The maximum absolute atomic E-state index is 11.6. The summed E-state index contributed by atoms with van der Waals surface area (Å²) in [7, 11) is 0. The highest BCUT2D eigenvalue weighted by Crippen LogP contribution is 2.29. The Labute approximate surface area is 106 Å². The van der Waals surface area contributed by atoms with Gasteiger partial charge in [-0.3, -0.25) is 4.79 Å². The van der Waals surface area contributed by atoms with E-state index in [1.165, 1.54) is 0 Å². The zero-order chi connectivity index (χ0) is 13.3. The summed E-state index contributed by atoms with van der Waals surface area (Å²) in [4.78, 5) is 11.6. The molecule has 3 N–H and O–H groups in total. The number of unbranched alkanes of at least 4 members (excludes halogenated alkanes) is 1. The normalized spacial score (nSPS) is 11.0. The number of rotatable bonds is 4. The van der Waals surface area contributed by atoms with Gasteiger partial charge in [0.15, 0.2) is 0 Å². The molecule has 1 heterocycles. The Kier molecular flexibility index (Phi) is 3.28. The number of phenolic OH excluding ortho intramolecular Hbond substituents is 1. The van der Waals surface area contributed by atoms with Gasteiger partial charge in [0.2, 0.25) is 0 Å². The molecule has 96 valence electrons. The molecule has 1 aromatic heterocycles. The number of phenols is 1. The second-order valence-corrected chi connectivity index (χ2v) is 4.53. The third-order valence-electron chi connectivity index (χ3n) is 3.29. The minimum absolute atomic E-state index is 0.151. The Bertz CT molecular complexity index is 599. The number of aromatic nitrogens is 1. The number of primary amides is 1. The smallest absolute Gasteiger partial charge is 0.251 e. The molecule has 0 saturated carbocycles. The number of hydrogen-bond donors (Lipinski definition) is 2. The van der Waals surface area contributed by atoms with Crippen molar-refractivity contribution in [2.45, 2.75) is 33.2 Å². The van der Waals surface area contributed by atoms with Gasteiger partial charge in [-0.1, -0.05) is 13.3 Å². The van der Waals surface area contributed by atoms with E-state index in [-0.39, 0.29) is 5.75 Å². The fourth-order valence-corrected chi connectivity index (χ4v) is 2.39. The van der Waals surface area contributed by atoms with E-state index in [1.54, 1.807) is 12.1 Å². The second kappa shape index (κ2) is 4.72. The topological polar surface area (TPSA) is 68.2 Å². The predicted molar refractivity (Wildman–Crippen MR) is 71.8 cm³/mol. The molecule has 2 rings (SSSR count). The summed E-state index contributed by atoms with van der Waals surface area (Å²) >= 11 is 0. The van der Waals surface area contributed by atoms with Crippen molar-refractivity contribution in [1.29, 1.82) is 0 Å². The number of nitrogens with two attached hydrogens (primary N) is 1. The van der Waals surface area contributed by atoms with Gasteiger partial charge in [0.25, 0.3) is 5.91 Å². The van der Waals surface area contributed by atoms with E-state index in [0.29, 0.717) is 5.56 Å². The summed E-state index contributed by atoms with van der Waals surface area (Å²) in [5, 5.41) is 10.3. The Hall–Kier alpha value is -1.97.